The number of hydrogen-bond acceptors (Lipinski definition) is 5. The summed E-state index contributed by atoms with van der Waals surface area (Å²) >= 11 is 0. The maximum atomic E-state index is 12.8. The number of hydrogen-bond donors (Lipinski definition) is 0. The van der Waals surface area contributed by atoms with E-state index >= 15 is 0 Å². The number of rotatable bonds is 6. The number of piperidine rings is 1. The molecule has 1 heterocycles. The van der Waals surface area contributed by atoms with Crippen LogP contribution in [0, 0.1) is 0 Å². The molecule has 0 aromatic heterocycles. The number of amides is 1. The molecule has 0 bridgehead atoms. The Labute approximate surface area is 114 Å². The van der Waals surface area contributed by atoms with Crippen LogP contribution < -0.4 is 0 Å². The third-order valence-electron chi connectivity index (χ3n) is 2.96. The molecular formula is C12H24NO5P. The predicted octanol–water partition coefficient (Wildman–Crippen LogP) is 3.22. The third-order valence-corrected chi connectivity index (χ3v) is 5.46. The normalized spacial score (nSPS) is 20.4. The average molecular weight is 293 g/mol. The first-order chi connectivity index (χ1) is 9.09. The van der Waals surface area contributed by atoms with Crippen molar-refractivity contribution in [3.63, 3.8) is 0 Å². The smallest absolute Gasteiger partial charge is 0.410 e. The highest BCUT2D eigenvalue weighted by Gasteiger charge is 2.43. The number of carbonyl (C=O) groups is 1. The van der Waals surface area contributed by atoms with Gasteiger partial charge in [0.25, 0.3) is 0 Å². The third kappa shape index (κ3) is 4.20. The summed E-state index contributed by atoms with van der Waals surface area (Å²) in [7, 11) is -3.30. The fourth-order valence-corrected chi connectivity index (χ4v) is 4.42. The highest BCUT2D eigenvalue weighted by molar-refractivity contribution is 7.54. The van der Waals surface area contributed by atoms with Gasteiger partial charge in [0.05, 0.1) is 19.8 Å². The summed E-state index contributed by atoms with van der Waals surface area (Å²) in [5, 5.41) is 0. The van der Waals surface area contributed by atoms with E-state index < -0.39 is 19.5 Å². The lowest BCUT2D eigenvalue weighted by Crippen LogP contribution is -2.44. The van der Waals surface area contributed by atoms with Crippen molar-refractivity contribution >= 4 is 13.7 Å². The molecule has 1 atom stereocenters. The number of carbonyl (C=O) groups excluding carboxylic acids is 1. The molecule has 19 heavy (non-hydrogen) atoms. The number of ether oxygens (including phenoxy) is 1. The summed E-state index contributed by atoms with van der Waals surface area (Å²) < 4.78 is 28.5. The Bertz CT molecular complexity index is 326. The predicted molar refractivity (Wildman–Crippen MR) is 72.2 cm³/mol. The fourth-order valence-electron chi connectivity index (χ4n) is 2.23. The number of nitrogens with zero attached hydrogens (tertiary/aromatic N) is 1. The second-order valence-electron chi connectivity index (χ2n) is 4.24. The van der Waals surface area contributed by atoms with E-state index in [1.807, 2.05) is 0 Å². The number of likely N-dealkylation sites (tertiary alicyclic amines) is 1. The van der Waals surface area contributed by atoms with Gasteiger partial charge in [-0.1, -0.05) is 0 Å². The Morgan fingerprint density at radius 2 is 1.79 bits per heavy atom. The molecule has 1 amide bonds. The van der Waals surface area contributed by atoms with Crippen LogP contribution >= 0.6 is 7.60 Å². The molecule has 0 aromatic rings. The van der Waals surface area contributed by atoms with E-state index in [-0.39, 0.29) is 0 Å². The van der Waals surface area contributed by atoms with Crippen LogP contribution in [-0.4, -0.2) is 43.1 Å². The highest BCUT2D eigenvalue weighted by Crippen LogP contribution is 2.56. The van der Waals surface area contributed by atoms with Crippen LogP contribution in [0.15, 0.2) is 0 Å². The molecule has 1 rings (SSSR count). The Kier molecular flexibility index (Phi) is 6.83. The zero-order valence-electron chi connectivity index (χ0n) is 12.0. The summed E-state index contributed by atoms with van der Waals surface area (Å²) in [5.41, 5.74) is 0. The lowest BCUT2D eigenvalue weighted by atomic mass is 10.1. The molecular weight excluding hydrogens is 269 g/mol. The van der Waals surface area contributed by atoms with E-state index in [2.05, 4.69) is 0 Å². The van der Waals surface area contributed by atoms with Crippen LogP contribution in [-0.2, 0) is 18.3 Å². The van der Waals surface area contributed by atoms with Gasteiger partial charge >= 0.3 is 13.7 Å². The molecule has 0 spiro atoms. The van der Waals surface area contributed by atoms with Crippen LogP contribution in [0.3, 0.4) is 0 Å². The molecule has 0 aliphatic carbocycles. The van der Waals surface area contributed by atoms with Crippen molar-refractivity contribution in [3.8, 4) is 0 Å². The van der Waals surface area contributed by atoms with E-state index in [0.717, 1.165) is 12.8 Å². The van der Waals surface area contributed by atoms with Gasteiger partial charge in [-0.2, -0.15) is 0 Å². The summed E-state index contributed by atoms with van der Waals surface area (Å²) in [6.45, 7) is 6.71. The minimum Gasteiger partial charge on any atom is -0.450 e. The molecule has 0 radical (unpaired) electrons. The zero-order valence-corrected chi connectivity index (χ0v) is 12.9. The quantitative estimate of drug-likeness (QED) is 0.703. The van der Waals surface area contributed by atoms with Crippen LogP contribution in [0.1, 0.15) is 40.0 Å². The van der Waals surface area contributed by atoms with E-state index in [0.29, 0.717) is 32.8 Å². The molecule has 0 N–H and O–H groups in total. The first-order valence-electron chi connectivity index (χ1n) is 6.91. The standard InChI is InChI=1S/C12H24NO5P/c1-4-16-12(14)13-10-8-7-9-11(13)19(15,17-5-2)18-6-3/h11H,4-10H2,1-3H3. The minimum absolute atomic E-state index is 0.296. The minimum atomic E-state index is -3.30. The van der Waals surface area contributed by atoms with Crippen molar-refractivity contribution in [1.82, 2.24) is 4.90 Å². The van der Waals surface area contributed by atoms with Crippen molar-refractivity contribution in [3.05, 3.63) is 0 Å². The van der Waals surface area contributed by atoms with Crippen molar-refractivity contribution in [2.45, 2.75) is 45.8 Å². The van der Waals surface area contributed by atoms with Crippen LogP contribution in [0.4, 0.5) is 4.79 Å². The van der Waals surface area contributed by atoms with Gasteiger partial charge in [0.2, 0.25) is 0 Å². The van der Waals surface area contributed by atoms with Gasteiger partial charge in [0.1, 0.15) is 5.78 Å². The first-order valence-corrected chi connectivity index (χ1v) is 8.52. The van der Waals surface area contributed by atoms with Crippen molar-refractivity contribution in [2.24, 2.45) is 0 Å². The van der Waals surface area contributed by atoms with Crippen LogP contribution in [0.25, 0.3) is 0 Å². The molecule has 7 heteroatoms. The van der Waals surface area contributed by atoms with Gasteiger partial charge in [0.15, 0.2) is 0 Å². The maximum Gasteiger partial charge on any atom is 0.410 e. The van der Waals surface area contributed by atoms with Crippen molar-refractivity contribution in [2.75, 3.05) is 26.4 Å². The Morgan fingerprint density at radius 3 is 2.32 bits per heavy atom. The lowest BCUT2D eigenvalue weighted by Gasteiger charge is -2.37. The highest BCUT2D eigenvalue weighted by atomic mass is 31.2. The molecule has 112 valence electrons. The van der Waals surface area contributed by atoms with Gasteiger partial charge < -0.3 is 13.8 Å². The summed E-state index contributed by atoms with van der Waals surface area (Å²) in [4.78, 5) is 13.4. The molecule has 1 saturated heterocycles. The van der Waals surface area contributed by atoms with E-state index in [1.54, 1.807) is 20.8 Å². The van der Waals surface area contributed by atoms with Gasteiger partial charge in [-0.05, 0) is 40.0 Å². The van der Waals surface area contributed by atoms with E-state index in [1.165, 1.54) is 4.90 Å². The van der Waals surface area contributed by atoms with Crippen molar-refractivity contribution < 1.29 is 23.1 Å². The summed E-state index contributed by atoms with van der Waals surface area (Å²) in [5.74, 6) is -0.528. The molecule has 1 aliphatic rings. The zero-order chi connectivity index (χ0) is 14.3. The largest absolute Gasteiger partial charge is 0.450 e. The van der Waals surface area contributed by atoms with E-state index in [9.17, 15) is 9.36 Å². The molecule has 1 aliphatic heterocycles. The molecule has 1 fully saturated rings. The Morgan fingerprint density at radius 1 is 1.16 bits per heavy atom. The molecule has 0 saturated carbocycles. The lowest BCUT2D eigenvalue weighted by molar-refractivity contribution is 0.0810. The van der Waals surface area contributed by atoms with Gasteiger partial charge in [-0.15, -0.1) is 0 Å². The Balaban J connectivity index is 2.89. The Hall–Kier alpha value is -0.580. The fraction of sp³-hybridized carbons (Fsp3) is 0.917. The van der Waals surface area contributed by atoms with Crippen molar-refractivity contribution in [1.29, 1.82) is 0 Å². The molecule has 0 aromatic carbocycles. The second kappa shape index (κ2) is 7.88. The van der Waals surface area contributed by atoms with Crippen LogP contribution in [0.5, 0.6) is 0 Å². The van der Waals surface area contributed by atoms with Gasteiger partial charge in [0, 0.05) is 6.54 Å². The summed E-state index contributed by atoms with van der Waals surface area (Å²) in [6, 6.07) is 0. The maximum absolute atomic E-state index is 12.8. The van der Waals surface area contributed by atoms with E-state index in [4.69, 9.17) is 13.8 Å². The molecule has 6 nitrogen and oxygen atoms in total. The van der Waals surface area contributed by atoms with Crippen LogP contribution in [0.2, 0.25) is 0 Å². The summed E-state index contributed by atoms with van der Waals surface area (Å²) in [6.07, 6.45) is 1.97. The average Bonchev–Trinajstić information content (AvgIpc) is 2.39. The monoisotopic (exact) mass is 293 g/mol. The first kappa shape index (κ1) is 16.5. The van der Waals surface area contributed by atoms with Gasteiger partial charge in [-0.3, -0.25) is 9.46 Å². The van der Waals surface area contributed by atoms with Gasteiger partial charge in [-0.25, -0.2) is 4.79 Å². The molecule has 1 unspecified atom stereocenters. The second-order valence-corrected chi connectivity index (χ2v) is 6.44. The topological polar surface area (TPSA) is 65.1 Å². The SMILES string of the molecule is CCOC(=O)N1CCCCC1P(=O)(OCC)OCC.